The molecule has 0 aliphatic heterocycles. The minimum atomic E-state index is -0.451. The lowest BCUT2D eigenvalue weighted by Gasteiger charge is -2.06. The number of hydrogen-bond acceptors (Lipinski definition) is 5. The molecule has 0 radical (unpaired) electrons. The van der Waals surface area contributed by atoms with Gasteiger partial charge in [0.25, 0.3) is 0 Å². The summed E-state index contributed by atoms with van der Waals surface area (Å²) in [6.07, 6.45) is 0. The Hall–Kier alpha value is -1.92. The van der Waals surface area contributed by atoms with Crippen LogP contribution in [0.5, 0.6) is 5.75 Å². The third-order valence-corrected chi connectivity index (χ3v) is 4.21. The van der Waals surface area contributed by atoms with Gasteiger partial charge in [0, 0.05) is 16.7 Å². The predicted octanol–water partition coefficient (Wildman–Crippen LogP) is 4.13. The molecule has 2 N–H and O–H groups in total. The molecule has 0 saturated heterocycles. The summed E-state index contributed by atoms with van der Waals surface area (Å²) in [5, 5.41) is 11.5. The van der Waals surface area contributed by atoms with Crippen LogP contribution in [0.4, 0.5) is 11.4 Å². The minimum absolute atomic E-state index is 0.0362. The van der Waals surface area contributed by atoms with Gasteiger partial charge in [0.15, 0.2) is 5.75 Å². The van der Waals surface area contributed by atoms with Gasteiger partial charge >= 0.3 is 5.69 Å². The number of nitro groups is 1. The van der Waals surface area contributed by atoms with E-state index in [0.717, 1.165) is 10.5 Å². The van der Waals surface area contributed by atoms with Crippen LogP contribution in [-0.4, -0.2) is 12.0 Å². The van der Waals surface area contributed by atoms with Crippen molar-refractivity contribution in [2.45, 2.75) is 10.6 Å². The van der Waals surface area contributed by atoms with Gasteiger partial charge in [-0.25, -0.2) is 0 Å². The van der Waals surface area contributed by atoms with Crippen molar-refractivity contribution in [3.05, 3.63) is 57.1 Å². The van der Waals surface area contributed by atoms with Crippen LogP contribution in [0.3, 0.4) is 0 Å². The summed E-state index contributed by atoms with van der Waals surface area (Å²) in [7, 11) is 1.41. The van der Waals surface area contributed by atoms with Crippen LogP contribution in [-0.2, 0) is 5.75 Å². The van der Waals surface area contributed by atoms with Crippen molar-refractivity contribution < 1.29 is 9.66 Å². The van der Waals surface area contributed by atoms with Crippen LogP contribution in [0, 0.1) is 10.1 Å². The molecule has 0 amide bonds. The number of halogens is 1. The second-order valence-electron chi connectivity index (χ2n) is 4.24. The quantitative estimate of drug-likeness (QED) is 0.387. The van der Waals surface area contributed by atoms with E-state index in [4.69, 9.17) is 22.1 Å². The molecular formula is C14H13ClN2O3S. The smallest absolute Gasteiger partial charge is 0.311 e. The lowest BCUT2D eigenvalue weighted by molar-refractivity contribution is -0.385. The highest BCUT2D eigenvalue weighted by Crippen LogP contribution is 2.32. The molecule has 7 heteroatoms. The van der Waals surface area contributed by atoms with Gasteiger partial charge < -0.3 is 10.5 Å². The number of nitrogens with zero attached hydrogens (tertiary/aromatic N) is 1. The Labute approximate surface area is 131 Å². The van der Waals surface area contributed by atoms with Crippen LogP contribution in [0.25, 0.3) is 0 Å². The summed E-state index contributed by atoms with van der Waals surface area (Å²) >= 11 is 7.48. The number of anilines is 1. The fourth-order valence-corrected chi connectivity index (χ4v) is 2.86. The largest absolute Gasteiger partial charge is 0.490 e. The van der Waals surface area contributed by atoms with Gasteiger partial charge in [-0.3, -0.25) is 10.1 Å². The molecule has 0 saturated carbocycles. The van der Waals surface area contributed by atoms with Crippen molar-refractivity contribution in [2.24, 2.45) is 0 Å². The highest BCUT2D eigenvalue weighted by molar-refractivity contribution is 7.98. The van der Waals surface area contributed by atoms with E-state index in [9.17, 15) is 10.1 Å². The summed E-state index contributed by atoms with van der Waals surface area (Å²) < 4.78 is 4.97. The zero-order valence-electron chi connectivity index (χ0n) is 11.2. The third-order valence-electron chi connectivity index (χ3n) is 2.82. The Morgan fingerprint density at radius 1 is 1.33 bits per heavy atom. The van der Waals surface area contributed by atoms with Crippen molar-refractivity contribution >= 4 is 34.7 Å². The SMILES string of the molecule is COc1ccc(CSc2ccc(N)c(Cl)c2)cc1[N+](=O)[O-]. The molecule has 21 heavy (non-hydrogen) atoms. The van der Waals surface area contributed by atoms with Crippen LogP contribution in [0.1, 0.15) is 5.56 Å². The molecule has 2 aromatic rings. The number of nitro benzene ring substituents is 1. The maximum atomic E-state index is 11.0. The van der Waals surface area contributed by atoms with Crippen LogP contribution >= 0.6 is 23.4 Å². The van der Waals surface area contributed by atoms with E-state index in [1.165, 1.54) is 24.9 Å². The fraction of sp³-hybridized carbons (Fsp3) is 0.143. The number of ether oxygens (including phenoxy) is 1. The lowest BCUT2D eigenvalue weighted by Crippen LogP contribution is -1.95. The van der Waals surface area contributed by atoms with Crippen LogP contribution in [0.2, 0.25) is 5.02 Å². The number of benzene rings is 2. The maximum absolute atomic E-state index is 11.0. The lowest BCUT2D eigenvalue weighted by atomic mass is 10.2. The van der Waals surface area contributed by atoms with Gasteiger partial charge in [0.05, 0.1) is 22.7 Å². The summed E-state index contributed by atoms with van der Waals surface area (Å²) in [4.78, 5) is 11.5. The molecule has 110 valence electrons. The molecule has 0 unspecified atom stereocenters. The Morgan fingerprint density at radius 3 is 2.71 bits per heavy atom. The number of methoxy groups -OCH3 is 1. The van der Waals surface area contributed by atoms with Crippen LogP contribution in [0.15, 0.2) is 41.3 Å². The van der Waals surface area contributed by atoms with Gasteiger partial charge in [-0.1, -0.05) is 17.7 Å². The fourth-order valence-electron chi connectivity index (χ4n) is 1.73. The number of thioether (sulfide) groups is 1. The number of hydrogen-bond donors (Lipinski definition) is 1. The topological polar surface area (TPSA) is 78.4 Å². The van der Waals surface area contributed by atoms with Gasteiger partial charge in [-0.05, 0) is 29.8 Å². The predicted molar refractivity (Wildman–Crippen MR) is 85.1 cm³/mol. The molecular weight excluding hydrogens is 312 g/mol. The normalized spacial score (nSPS) is 10.4. The Bertz CT molecular complexity index is 679. The van der Waals surface area contributed by atoms with E-state index in [0.29, 0.717) is 16.5 Å². The summed E-state index contributed by atoms with van der Waals surface area (Å²) in [6.45, 7) is 0. The summed E-state index contributed by atoms with van der Waals surface area (Å²) in [6, 6.07) is 10.3. The Balaban J connectivity index is 2.14. The molecule has 0 atom stereocenters. The molecule has 0 bridgehead atoms. The van der Waals surface area contributed by atoms with Crippen molar-refractivity contribution in [3.8, 4) is 5.75 Å². The van der Waals surface area contributed by atoms with E-state index < -0.39 is 4.92 Å². The van der Waals surface area contributed by atoms with E-state index in [2.05, 4.69) is 0 Å². The maximum Gasteiger partial charge on any atom is 0.311 e. The van der Waals surface area contributed by atoms with Gasteiger partial charge in [0.2, 0.25) is 0 Å². The standard InChI is InChI=1S/C14H13ClN2O3S/c1-20-14-5-2-9(6-13(14)17(18)19)8-21-10-3-4-12(16)11(15)7-10/h2-7H,8,16H2,1H3. The molecule has 5 nitrogen and oxygen atoms in total. The van der Waals surface area contributed by atoms with E-state index in [1.54, 1.807) is 24.3 Å². The zero-order valence-corrected chi connectivity index (χ0v) is 12.8. The molecule has 0 heterocycles. The average Bonchev–Trinajstić information content (AvgIpc) is 2.48. The number of nitrogen functional groups attached to an aromatic ring is 1. The first-order valence-corrected chi connectivity index (χ1v) is 7.36. The molecule has 2 rings (SSSR count). The first-order chi connectivity index (χ1) is 10.0. The Morgan fingerprint density at radius 2 is 2.10 bits per heavy atom. The third kappa shape index (κ3) is 3.80. The highest BCUT2D eigenvalue weighted by atomic mass is 35.5. The average molecular weight is 325 g/mol. The van der Waals surface area contributed by atoms with Crippen molar-refractivity contribution in [2.75, 3.05) is 12.8 Å². The highest BCUT2D eigenvalue weighted by Gasteiger charge is 2.15. The van der Waals surface area contributed by atoms with E-state index >= 15 is 0 Å². The molecule has 0 fully saturated rings. The van der Waals surface area contributed by atoms with Crippen molar-refractivity contribution in [1.82, 2.24) is 0 Å². The molecule has 0 aliphatic rings. The second kappa shape index (κ2) is 6.69. The number of nitrogens with two attached hydrogens (primary N) is 1. The summed E-state index contributed by atoms with van der Waals surface area (Å²) in [5.41, 5.74) is 6.98. The van der Waals surface area contributed by atoms with Crippen molar-refractivity contribution in [3.63, 3.8) is 0 Å². The van der Waals surface area contributed by atoms with Crippen molar-refractivity contribution in [1.29, 1.82) is 0 Å². The van der Waals surface area contributed by atoms with E-state index in [-0.39, 0.29) is 11.4 Å². The van der Waals surface area contributed by atoms with Gasteiger partial charge in [-0.2, -0.15) is 0 Å². The second-order valence-corrected chi connectivity index (χ2v) is 5.69. The minimum Gasteiger partial charge on any atom is -0.490 e. The monoisotopic (exact) mass is 324 g/mol. The Kier molecular flexibility index (Phi) is 4.93. The molecule has 0 spiro atoms. The number of rotatable bonds is 5. The zero-order chi connectivity index (χ0) is 15.4. The first kappa shape index (κ1) is 15.5. The molecule has 0 aromatic heterocycles. The molecule has 2 aromatic carbocycles. The first-order valence-electron chi connectivity index (χ1n) is 6.00. The summed E-state index contributed by atoms with van der Waals surface area (Å²) in [5.74, 6) is 0.842. The van der Waals surface area contributed by atoms with Gasteiger partial charge in [0.1, 0.15) is 0 Å². The van der Waals surface area contributed by atoms with Crippen LogP contribution < -0.4 is 10.5 Å². The molecule has 0 aliphatic carbocycles. The van der Waals surface area contributed by atoms with E-state index in [1.807, 2.05) is 6.07 Å². The van der Waals surface area contributed by atoms with Gasteiger partial charge in [-0.15, -0.1) is 11.8 Å².